The molecule has 1 saturated heterocycles. The molecule has 1 aliphatic heterocycles. The van der Waals surface area contributed by atoms with Crippen molar-refractivity contribution in [3.05, 3.63) is 44.7 Å². The van der Waals surface area contributed by atoms with Gasteiger partial charge in [-0.1, -0.05) is 15.9 Å². The molecule has 21 heavy (non-hydrogen) atoms. The summed E-state index contributed by atoms with van der Waals surface area (Å²) >= 11 is 3.34. The highest BCUT2D eigenvalue weighted by Crippen LogP contribution is 2.20. The molecule has 1 aromatic heterocycles. The molecule has 1 atom stereocenters. The monoisotopic (exact) mass is 349 g/mol. The van der Waals surface area contributed by atoms with Gasteiger partial charge in [-0.3, -0.25) is 9.59 Å². The Hall–Kier alpha value is -1.66. The Morgan fingerprint density at radius 2 is 2.24 bits per heavy atom. The number of hydrogen-bond acceptors (Lipinski definition) is 3. The van der Waals surface area contributed by atoms with Crippen molar-refractivity contribution in [2.45, 2.75) is 18.9 Å². The van der Waals surface area contributed by atoms with Crippen molar-refractivity contribution in [3.63, 3.8) is 0 Å². The molecule has 0 aliphatic carbocycles. The van der Waals surface area contributed by atoms with Crippen molar-refractivity contribution in [3.8, 4) is 0 Å². The first-order valence-corrected chi connectivity index (χ1v) is 7.73. The molecule has 0 saturated carbocycles. The summed E-state index contributed by atoms with van der Waals surface area (Å²) in [6, 6.07) is 6.83. The lowest BCUT2D eigenvalue weighted by molar-refractivity contribution is 0.0735. The highest BCUT2D eigenvalue weighted by atomic mass is 79.9. The van der Waals surface area contributed by atoms with Gasteiger partial charge in [0.2, 0.25) is 0 Å². The summed E-state index contributed by atoms with van der Waals surface area (Å²) in [4.78, 5) is 29.6. The number of aromatic amines is 1. The van der Waals surface area contributed by atoms with Crippen LogP contribution in [0.2, 0.25) is 0 Å². The Balaban J connectivity index is 2.03. The maximum Gasteiger partial charge on any atom is 0.270 e. The molecule has 6 heteroatoms. The van der Waals surface area contributed by atoms with Gasteiger partial charge < -0.3 is 15.6 Å². The SMILES string of the molecule is NCC1CCCN1C(=O)c1cc(=O)c2cc(Br)ccc2[nH]1. The molecule has 110 valence electrons. The lowest BCUT2D eigenvalue weighted by Gasteiger charge is -2.23. The minimum absolute atomic E-state index is 0.0709. The first-order valence-electron chi connectivity index (χ1n) is 6.94. The minimum atomic E-state index is -0.156. The molecule has 1 aliphatic rings. The van der Waals surface area contributed by atoms with Gasteiger partial charge in [0.15, 0.2) is 5.43 Å². The lowest BCUT2D eigenvalue weighted by Crippen LogP contribution is -2.40. The number of carbonyl (C=O) groups excluding carboxylic acids is 1. The number of H-pyrrole nitrogens is 1. The topological polar surface area (TPSA) is 79.2 Å². The van der Waals surface area contributed by atoms with E-state index in [0.717, 1.165) is 17.3 Å². The van der Waals surface area contributed by atoms with Gasteiger partial charge in [0.25, 0.3) is 5.91 Å². The molecule has 1 aromatic carbocycles. The number of benzene rings is 1. The van der Waals surface area contributed by atoms with Gasteiger partial charge in [0, 0.05) is 40.6 Å². The summed E-state index contributed by atoms with van der Waals surface area (Å²) < 4.78 is 0.835. The summed E-state index contributed by atoms with van der Waals surface area (Å²) in [5, 5.41) is 0.567. The molecule has 0 radical (unpaired) electrons. The standard InChI is InChI=1S/C15H16BrN3O2/c16-9-3-4-12-11(6-9)14(20)7-13(18-12)15(21)19-5-1-2-10(19)8-17/h3-4,6-7,10H,1-2,5,8,17H2,(H,18,20). The number of fused-ring (bicyclic) bond motifs is 1. The van der Waals surface area contributed by atoms with E-state index in [1.165, 1.54) is 6.07 Å². The molecule has 1 fully saturated rings. The van der Waals surface area contributed by atoms with E-state index in [1.807, 2.05) is 6.07 Å². The van der Waals surface area contributed by atoms with E-state index in [-0.39, 0.29) is 17.4 Å². The van der Waals surface area contributed by atoms with E-state index in [9.17, 15) is 9.59 Å². The molecule has 0 spiro atoms. The average Bonchev–Trinajstić information content (AvgIpc) is 2.95. The van der Waals surface area contributed by atoms with Crippen LogP contribution >= 0.6 is 15.9 Å². The second-order valence-corrected chi connectivity index (χ2v) is 6.18. The highest BCUT2D eigenvalue weighted by molar-refractivity contribution is 9.10. The van der Waals surface area contributed by atoms with Crippen molar-refractivity contribution >= 4 is 32.7 Å². The Kier molecular flexibility index (Phi) is 3.82. The first kappa shape index (κ1) is 14.3. The molecule has 3 N–H and O–H groups in total. The number of aromatic nitrogens is 1. The average molecular weight is 350 g/mol. The van der Waals surface area contributed by atoms with Crippen LogP contribution in [0.1, 0.15) is 23.3 Å². The molecule has 1 amide bonds. The Bertz CT molecular complexity index is 756. The third-order valence-electron chi connectivity index (χ3n) is 3.93. The van der Waals surface area contributed by atoms with Crippen LogP contribution in [0, 0.1) is 0 Å². The van der Waals surface area contributed by atoms with E-state index in [4.69, 9.17) is 5.73 Å². The number of halogens is 1. The fourth-order valence-corrected chi connectivity index (χ4v) is 3.20. The van der Waals surface area contributed by atoms with Gasteiger partial charge in [0.1, 0.15) is 5.69 Å². The number of likely N-dealkylation sites (tertiary alicyclic amines) is 1. The van der Waals surface area contributed by atoms with E-state index >= 15 is 0 Å². The Morgan fingerprint density at radius 3 is 3.00 bits per heavy atom. The number of amides is 1. The van der Waals surface area contributed by atoms with Crippen LogP contribution in [-0.2, 0) is 0 Å². The number of pyridine rings is 1. The number of hydrogen-bond donors (Lipinski definition) is 2. The van der Waals surface area contributed by atoms with Crippen LogP contribution in [0.4, 0.5) is 0 Å². The third-order valence-corrected chi connectivity index (χ3v) is 4.43. The molecular formula is C15H16BrN3O2. The third kappa shape index (κ3) is 2.61. The van der Waals surface area contributed by atoms with Gasteiger partial charge in [-0.05, 0) is 31.0 Å². The molecule has 5 nitrogen and oxygen atoms in total. The predicted octanol–water partition coefficient (Wildman–Crippen LogP) is 1.85. The first-order chi connectivity index (χ1) is 10.1. The molecule has 0 bridgehead atoms. The normalized spacial score (nSPS) is 18.4. The zero-order valence-electron chi connectivity index (χ0n) is 11.4. The maximum atomic E-state index is 12.6. The fourth-order valence-electron chi connectivity index (χ4n) is 2.84. The predicted molar refractivity (Wildman–Crippen MR) is 85.4 cm³/mol. The minimum Gasteiger partial charge on any atom is -0.350 e. The quantitative estimate of drug-likeness (QED) is 0.868. The van der Waals surface area contributed by atoms with E-state index in [0.29, 0.717) is 29.7 Å². The maximum absolute atomic E-state index is 12.6. The van der Waals surface area contributed by atoms with Crippen LogP contribution in [0.25, 0.3) is 10.9 Å². The molecule has 3 rings (SSSR count). The van der Waals surface area contributed by atoms with E-state index in [1.54, 1.807) is 17.0 Å². The summed E-state index contributed by atoms with van der Waals surface area (Å²) in [5.41, 5.74) is 6.54. The molecule has 1 unspecified atom stereocenters. The van der Waals surface area contributed by atoms with Crippen molar-refractivity contribution in [2.75, 3.05) is 13.1 Å². The van der Waals surface area contributed by atoms with Gasteiger partial charge in [-0.15, -0.1) is 0 Å². The Morgan fingerprint density at radius 1 is 1.43 bits per heavy atom. The number of rotatable bonds is 2. The van der Waals surface area contributed by atoms with E-state index in [2.05, 4.69) is 20.9 Å². The zero-order chi connectivity index (χ0) is 15.0. The van der Waals surface area contributed by atoms with Crippen molar-refractivity contribution in [1.29, 1.82) is 0 Å². The molecule has 2 heterocycles. The smallest absolute Gasteiger partial charge is 0.270 e. The van der Waals surface area contributed by atoms with Crippen LogP contribution in [-0.4, -0.2) is 34.9 Å². The van der Waals surface area contributed by atoms with Crippen molar-refractivity contribution in [2.24, 2.45) is 5.73 Å². The Labute approximate surface area is 130 Å². The fraction of sp³-hybridized carbons (Fsp3) is 0.333. The summed E-state index contributed by atoms with van der Waals surface area (Å²) in [6.07, 6.45) is 1.88. The van der Waals surface area contributed by atoms with Crippen molar-refractivity contribution in [1.82, 2.24) is 9.88 Å². The zero-order valence-corrected chi connectivity index (χ0v) is 13.0. The number of carbonyl (C=O) groups is 1. The van der Waals surface area contributed by atoms with Gasteiger partial charge in [0.05, 0.1) is 0 Å². The van der Waals surface area contributed by atoms with Crippen LogP contribution in [0.5, 0.6) is 0 Å². The highest BCUT2D eigenvalue weighted by Gasteiger charge is 2.29. The van der Waals surface area contributed by atoms with Gasteiger partial charge in [-0.2, -0.15) is 0 Å². The molecule has 2 aromatic rings. The summed E-state index contributed by atoms with van der Waals surface area (Å²) in [7, 11) is 0. The molecular weight excluding hydrogens is 334 g/mol. The van der Waals surface area contributed by atoms with Crippen molar-refractivity contribution < 1.29 is 4.79 Å². The summed E-state index contributed by atoms with van der Waals surface area (Å²) in [5.74, 6) is -0.148. The second-order valence-electron chi connectivity index (χ2n) is 5.27. The lowest BCUT2D eigenvalue weighted by atomic mass is 10.1. The second kappa shape index (κ2) is 5.61. The van der Waals surface area contributed by atoms with Crippen LogP contribution < -0.4 is 11.2 Å². The number of nitrogens with zero attached hydrogens (tertiary/aromatic N) is 1. The number of nitrogens with one attached hydrogen (secondary N) is 1. The summed E-state index contributed by atoms with van der Waals surface area (Å²) in [6.45, 7) is 1.15. The van der Waals surface area contributed by atoms with Gasteiger partial charge >= 0.3 is 0 Å². The van der Waals surface area contributed by atoms with Crippen LogP contribution in [0.15, 0.2) is 33.5 Å². The van der Waals surface area contributed by atoms with Crippen LogP contribution in [0.3, 0.4) is 0 Å². The van der Waals surface area contributed by atoms with E-state index < -0.39 is 0 Å². The van der Waals surface area contributed by atoms with Gasteiger partial charge in [-0.25, -0.2) is 0 Å². The number of nitrogens with two attached hydrogens (primary N) is 1. The largest absolute Gasteiger partial charge is 0.350 e.